The van der Waals surface area contributed by atoms with E-state index in [0.29, 0.717) is 5.92 Å². The summed E-state index contributed by atoms with van der Waals surface area (Å²) in [4.78, 5) is 1.32. The Morgan fingerprint density at radius 1 is 1.40 bits per heavy atom. The van der Waals surface area contributed by atoms with Crippen LogP contribution in [0.15, 0.2) is 15.9 Å². The number of hydrazine groups is 1. The average Bonchev–Trinajstić information content (AvgIpc) is 2.87. The minimum Gasteiger partial charge on any atom is -0.375 e. The Morgan fingerprint density at radius 2 is 2.20 bits per heavy atom. The molecular weight excluding hydrogens is 336 g/mol. The van der Waals surface area contributed by atoms with Crippen LogP contribution in [0, 0.1) is 5.92 Å². The number of thiophene rings is 1. The van der Waals surface area contributed by atoms with E-state index < -0.39 is 0 Å². The van der Waals surface area contributed by atoms with Crippen molar-refractivity contribution in [3.8, 4) is 0 Å². The van der Waals surface area contributed by atoms with E-state index in [0.717, 1.165) is 19.4 Å². The van der Waals surface area contributed by atoms with Crippen LogP contribution in [0.2, 0.25) is 0 Å². The zero-order valence-electron chi connectivity index (χ0n) is 11.7. The van der Waals surface area contributed by atoms with Gasteiger partial charge in [-0.2, -0.15) is 0 Å². The molecule has 5 heteroatoms. The molecule has 2 atom stereocenters. The van der Waals surface area contributed by atoms with Crippen LogP contribution in [-0.2, 0) is 4.74 Å². The Balaban J connectivity index is 1.76. The Hall–Kier alpha value is 0.0600. The number of nitrogens with two attached hydrogens (primary N) is 1. The third-order valence-corrected chi connectivity index (χ3v) is 6.83. The standard InChI is InChI=1S/C15H23BrN2OS/c16-12-5-9-20-14(12)13(18-17)11-4-8-19-15(10-11)6-2-1-3-7-15/h5,9,11,13,18H,1-4,6-8,10,17H2. The molecule has 3 nitrogen and oxygen atoms in total. The fourth-order valence-electron chi connectivity index (χ4n) is 3.85. The summed E-state index contributed by atoms with van der Waals surface area (Å²) in [6.45, 7) is 0.881. The normalized spacial score (nSPS) is 27.6. The highest BCUT2D eigenvalue weighted by atomic mass is 79.9. The predicted octanol–water partition coefficient (Wildman–Crippen LogP) is 4.14. The van der Waals surface area contributed by atoms with Gasteiger partial charge >= 0.3 is 0 Å². The van der Waals surface area contributed by atoms with Crippen LogP contribution >= 0.6 is 27.3 Å². The summed E-state index contributed by atoms with van der Waals surface area (Å²) in [7, 11) is 0. The third kappa shape index (κ3) is 2.97. The number of nitrogens with one attached hydrogen (secondary N) is 1. The number of rotatable bonds is 3. The van der Waals surface area contributed by atoms with E-state index in [4.69, 9.17) is 10.6 Å². The van der Waals surface area contributed by atoms with Crippen LogP contribution in [0.4, 0.5) is 0 Å². The lowest BCUT2D eigenvalue weighted by molar-refractivity contribution is -0.122. The van der Waals surface area contributed by atoms with Gasteiger partial charge < -0.3 is 4.74 Å². The molecule has 2 unspecified atom stereocenters. The molecule has 2 fully saturated rings. The molecule has 0 bridgehead atoms. The summed E-state index contributed by atoms with van der Waals surface area (Å²) in [6, 6.07) is 2.35. The van der Waals surface area contributed by atoms with Crippen molar-refractivity contribution in [2.24, 2.45) is 11.8 Å². The van der Waals surface area contributed by atoms with Gasteiger partial charge in [-0.1, -0.05) is 19.3 Å². The SMILES string of the molecule is NNC(c1sccc1Br)C1CCOC2(CCCCC2)C1. The van der Waals surface area contributed by atoms with Gasteiger partial charge in [0.1, 0.15) is 0 Å². The van der Waals surface area contributed by atoms with Crippen LogP contribution in [0.1, 0.15) is 55.9 Å². The van der Waals surface area contributed by atoms with Crippen molar-refractivity contribution in [2.75, 3.05) is 6.61 Å². The van der Waals surface area contributed by atoms with Crippen LogP contribution < -0.4 is 11.3 Å². The molecular formula is C15H23BrN2OS. The van der Waals surface area contributed by atoms with Crippen molar-refractivity contribution in [3.05, 3.63) is 20.8 Å². The van der Waals surface area contributed by atoms with Crippen molar-refractivity contribution >= 4 is 27.3 Å². The first-order chi connectivity index (χ1) is 9.74. The third-order valence-electron chi connectivity index (χ3n) is 4.87. The molecule has 0 amide bonds. The monoisotopic (exact) mass is 358 g/mol. The first-order valence-corrected chi connectivity index (χ1v) is 9.24. The molecule has 2 heterocycles. The number of halogens is 1. The Bertz CT molecular complexity index is 439. The summed E-state index contributed by atoms with van der Waals surface area (Å²) in [5.74, 6) is 6.45. The van der Waals surface area contributed by atoms with Gasteiger partial charge in [0.15, 0.2) is 0 Å². The van der Waals surface area contributed by atoms with Crippen LogP contribution in [-0.4, -0.2) is 12.2 Å². The topological polar surface area (TPSA) is 47.3 Å². The molecule has 3 rings (SSSR count). The molecule has 2 aliphatic rings. The Kier molecular flexibility index (Phi) is 4.82. The second-order valence-corrected chi connectivity index (χ2v) is 7.92. The van der Waals surface area contributed by atoms with E-state index >= 15 is 0 Å². The van der Waals surface area contributed by atoms with Gasteiger partial charge in [-0.05, 0) is 59.0 Å². The van der Waals surface area contributed by atoms with Gasteiger partial charge in [-0.25, -0.2) is 0 Å². The zero-order valence-corrected chi connectivity index (χ0v) is 14.1. The Labute approximate surface area is 133 Å². The van der Waals surface area contributed by atoms with Gasteiger partial charge in [-0.15, -0.1) is 11.3 Å². The molecule has 3 N–H and O–H groups in total. The molecule has 1 aliphatic heterocycles. The summed E-state index contributed by atoms with van der Waals surface area (Å²) in [5, 5.41) is 2.12. The summed E-state index contributed by atoms with van der Waals surface area (Å²) in [6.07, 6.45) is 8.70. The largest absolute Gasteiger partial charge is 0.375 e. The van der Waals surface area contributed by atoms with Gasteiger partial charge in [0, 0.05) is 16.0 Å². The van der Waals surface area contributed by atoms with E-state index in [1.54, 1.807) is 11.3 Å². The molecule has 1 spiro atoms. The number of hydrogen-bond acceptors (Lipinski definition) is 4. The molecule has 20 heavy (non-hydrogen) atoms. The molecule has 1 aliphatic carbocycles. The van der Waals surface area contributed by atoms with Crippen LogP contribution in [0.3, 0.4) is 0 Å². The zero-order chi connectivity index (χ0) is 14.0. The summed E-state index contributed by atoms with van der Waals surface area (Å²) >= 11 is 5.43. The highest BCUT2D eigenvalue weighted by Crippen LogP contribution is 2.45. The summed E-state index contributed by atoms with van der Waals surface area (Å²) in [5.41, 5.74) is 3.20. The maximum absolute atomic E-state index is 6.20. The lowest BCUT2D eigenvalue weighted by atomic mass is 9.74. The van der Waals surface area contributed by atoms with E-state index in [-0.39, 0.29) is 11.6 Å². The quantitative estimate of drug-likeness (QED) is 0.630. The van der Waals surface area contributed by atoms with E-state index in [1.165, 1.54) is 41.5 Å². The molecule has 1 saturated carbocycles. The van der Waals surface area contributed by atoms with Crippen molar-refractivity contribution < 1.29 is 4.74 Å². The number of hydrogen-bond donors (Lipinski definition) is 2. The summed E-state index contributed by atoms with van der Waals surface area (Å²) < 4.78 is 7.38. The molecule has 0 radical (unpaired) electrons. The molecule has 1 aromatic heterocycles. The first kappa shape index (κ1) is 15.0. The lowest BCUT2D eigenvalue weighted by Crippen LogP contribution is -2.45. The average molecular weight is 359 g/mol. The fraction of sp³-hybridized carbons (Fsp3) is 0.733. The van der Waals surface area contributed by atoms with E-state index in [1.807, 2.05) is 0 Å². The van der Waals surface area contributed by atoms with Gasteiger partial charge in [0.2, 0.25) is 0 Å². The predicted molar refractivity (Wildman–Crippen MR) is 86.6 cm³/mol. The maximum Gasteiger partial charge on any atom is 0.0686 e. The van der Waals surface area contributed by atoms with Crippen LogP contribution in [0.5, 0.6) is 0 Å². The van der Waals surface area contributed by atoms with Crippen molar-refractivity contribution in [2.45, 2.75) is 56.6 Å². The Morgan fingerprint density at radius 3 is 2.85 bits per heavy atom. The van der Waals surface area contributed by atoms with Crippen LogP contribution in [0.25, 0.3) is 0 Å². The fourth-order valence-corrected chi connectivity index (χ4v) is 5.62. The first-order valence-electron chi connectivity index (χ1n) is 7.57. The van der Waals surface area contributed by atoms with Crippen molar-refractivity contribution in [1.82, 2.24) is 5.43 Å². The van der Waals surface area contributed by atoms with E-state index in [9.17, 15) is 0 Å². The van der Waals surface area contributed by atoms with Crippen molar-refractivity contribution in [1.29, 1.82) is 0 Å². The van der Waals surface area contributed by atoms with E-state index in [2.05, 4.69) is 32.8 Å². The second kappa shape index (κ2) is 6.44. The maximum atomic E-state index is 6.20. The van der Waals surface area contributed by atoms with Crippen molar-refractivity contribution in [3.63, 3.8) is 0 Å². The smallest absolute Gasteiger partial charge is 0.0686 e. The molecule has 1 saturated heterocycles. The second-order valence-electron chi connectivity index (χ2n) is 6.12. The lowest BCUT2D eigenvalue weighted by Gasteiger charge is -2.45. The highest BCUT2D eigenvalue weighted by molar-refractivity contribution is 9.10. The minimum atomic E-state index is 0.139. The minimum absolute atomic E-state index is 0.139. The molecule has 0 aromatic carbocycles. The molecule has 1 aromatic rings. The highest BCUT2D eigenvalue weighted by Gasteiger charge is 2.41. The van der Waals surface area contributed by atoms with Gasteiger partial charge in [0.05, 0.1) is 11.6 Å². The molecule has 112 valence electrons. The van der Waals surface area contributed by atoms with Gasteiger partial charge in [-0.3, -0.25) is 11.3 Å². The van der Waals surface area contributed by atoms with Gasteiger partial charge in [0.25, 0.3) is 0 Å². The number of ether oxygens (including phenoxy) is 1.